The highest BCUT2D eigenvalue weighted by atomic mass is 14.7. The zero-order valence-electron chi connectivity index (χ0n) is 11.2. The standard InChI is InChI=1S/C15H22N2/c1-9(2)11-5-6-14-12(7-11)13(8-16)15(17-14)10(3)4/h5-7,9-10,17H,8,16H2,1-4H3. The van der Waals surface area contributed by atoms with Crippen LogP contribution in [0.2, 0.25) is 0 Å². The minimum Gasteiger partial charge on any atom is -0.358 e. The molecule has 0 fully saturated rings. The van der Waals surface area contributed by atoms with Crippen LogP contribution in [0, 0.1) is 0 Å². The van der Waals surface area contributed by atoms with E-state index in [-0.39, 0.29) is 0 Å². The highest BCUT2D eigenvalue weighted by Crippen LogP contribution is 2.29. The second kappa shape index (κ2) is 4.53. The zero-order chi connectivity index (χ0) is 12.6. The molecule has 1 aromatic carbocycles. The van der Waals surface area contributed by atoms with Gasteiger partial charge in [0, 0.05) is 23.1 Å². The topological polar surface area (TPSA) is 41.8 Å². The number of aromatic nitrogens is 1. The Hall–Kier alpha value is -1.28. The van der Waals surface area contributed by atoms with Crippen molar-refractivity contribution in [1.82, 2.24) is 4.98 Å². The molecule has 1 aromatic heterocycles. The van der Waals surface area contributed by atoms with Crippen molar-refractivity contribution in [2.24, 2.45) is 5.73 Å². The van der Waals surface area contributed by atoms with Gasteiger partial charge in [0.15, 0.2) is 0 Å². The number of nitrogens with two attached hydrogens (primary N) is 1. The number of benzene rings is 1. The Labute approximate surface area is 103 Å². The fourth-order valence-electron chi connectivity index (χ4n) is 2.36. The van der Waals surface area contributed by atoms with Crippen molar-refractivity contribution in [2.45, 2.75) is 46.1 Å². The largest absolute Gasteiger partial charge is 0.358 e. The van der Waals surface area contributed by atoms with Crippen LogP contribution in [0.3, 0.4) is 0 Å². The molecule has 0 amide bonds. The summed E-state index contributed by atoms with van der Waals surface area (Å²) in [5.74, 6) is 1.05. The molecule has 1 heterocycles. The van der Waals surface area contributed by atoms with Crippen LogP contribution in [-0.2, 0) is 6.54 Å². The second-order valence-corrected chi connectivity index (χ2v) is 5.34. The van der Waals surface area contributed by atoms with Gasteiger partial charge in [-0.3, -0.25) is 0 Å². The van der Waals surface area contributed by atoms with Crippen molar-refractivity contribution < 1.29 is 0 Å². The van der Waals surface area contributed by atoms with E-state index in [9.17, 15) is 0 Å². The van der Waals surface area contributed by atoms with Gasteiger partial charge in [0.1, 0.15) is 0 Å². The third-order valence-electron chi connectivity index (χ3n) is 3.41. The van der Waals surface area contributed by atoms with Crippen molar-refractivity contribution >= 4 is 10.9 Å². The smallest absolute Gasteiger partial charge is 0.0459 e. The third-order valence-corrected chi connectivity index (χ3v) is 3.41. The van der Waals surface area contributed by atoms with E-state index >= 15 is 0 Å². The Kier molecular flexibility index (Phi) is 3.25. The summed E-state index contributed by atoms with van der Waals surface area (Å²) in [6.45, 7) is 9.45. The summed E-state index contributed by atoms with van der Waals surface area (Å²) in [6, 6.07) is 6.66. The van der Waals surface area contributed by atoms with Gasteiger partial charge in [0.25, 0.3) is 0 Å². The minimum absolute atomic E-state index is 0.489. The molecule has 0 spiro atoms. The quantitative estimate of drug-likeness (QED) is 0.825. The Balaban J connectivity index is 2.67. The molecule has 0 aliphatic heterocycles. The van der Waals surface area contributed by atoms with E-state index in [4.69, 9.17) is 5.73 Å². The van der Waals surface area contributed by atoms with Crippen LogP contribution >= 0.6 is 0 Å². The van der Waals surface area contributed by atoms with E-state index in [0.717, 1.165) is 0 Å². The Morgan fingerprint density at radius 2 is 1.82 bits per heavy atom. The van der Waals surface area contributed by atoms with E-state index in [2.05, 4.69) is 50.9 Å². The molecule has 0 unspecified atom stereocenters. The van der Waals surface area contributed by atoms with Crippen molar-refractivity contribution in [3.05, 3.63) is 35.0 Å². The summed E-state index contributed by atoms with van der Waals surface area (Å²) < 4.78 is 0. The maximum atomic E-state index is 5.91. The summed E-state index contributed by atoms with van der Waals surface area (Å²) in [4.78, 5) is 3.50. The Morgan fingerprint density at radius 3 is 2.35 bits per heavy atom. The van der Waals surface area contributed by atoms with E-state index in [1.54, 1.807) is 0 Å². The molecule has 0 bridgehead atoms. The number of aromatic amines is 1. The predicted molar refractivity (Wildman–Crippen MR) is 74.4 cm³/mol. The Morgan fingerprint density at radius 1 is 1.12 bits per heavy atom. The van der Waals surface area contributed by atoms with Gasteiger partial charge in [-0.25, -0.2) is 0 Å². The lowest BCUT2D eigenvalue weighted by atomic mass is 9.98. The minimum atomic E-state index is 0.489. The van der Waals surface area contributed by atoms with Gasteiger partial charge in [-0.1, -0.05) is 33.8 Å². The van der Waals surface area contributed by atoms with E-state index < -0.39 is 0 Å². The van der Waals surface area contributed by atoms with Gasteiger partial charge in [-0.15, -0.1) is 0 Å². The van der Waals surface area contributed by atoms with Crippen LogP contribution in [0.25, 0.3) is 10.9 Å². The van der Waals surface area contributed by atoms with Crippen LogP contribution in [0.4, 0.5) is 0 Å². The van der Waals surface area contributed by atoms with E-state index in [1.807, 2.05) is 0 Å². The predicted octanol–water partition coefficient (Wildman–Crippen LogP) is 3.87. The van der Waals surface area contributed by atoms with Crippen molar-refractivity contribution in [3.63, 3.8) is 0 Å². The Bertz CT molecular complexity index is 521. The molecule has 0 saturated heterocycles. The summed E-state index contributed by atoms with van der Waals surface area (Å²) >= 11 is 0. The van der Waals surface area contributed by atoms with Crippen LogP contribution in [0.15, 0.2) is 18.2 Å². The zero-order valence-corrected chi connectivity index (χ0v) is 11.2. The highest BCUT2D eigenvalue weighted by molar-refractivity contribution is 5.85. The van der Waals surface area contributed by atoms with Gasteiger partial charge in [0.2, 0.25) is 0 Å². The fraction of sp³-hybridized carbons (Fsp3) is 0.467. The SMILES string of the molecule is CC(C)c1ccc2[nH]c(C(C)C)c(CN)c2c1. The molecular formula is C15H22N2. The van der Waals surface area contributed by atoms with Crippen LogP contribution in [0.5, 0.6) is 0 Å². The molecular weight excluding hydrogens is 208 g/mol. The average Bonchev–Trinajstić information content (AvgIpc) is 2.66. The molecule has 2 aromatic rings. The van der Waals surface area contributed by atoms with Gasteiger partial charge in [-0.2, -0.15) is 0 Å². The third kappa shape index (κ3) is 2.09. The van der Waals surface area contributed by atoms with Crippen LogP contribution in [0.1, 0.15) is 56.4 Å². The lowest BCUT2D eigenvalue weighted by molar-refractivity contribution is 0.814. The van der Waals surface area contributed by atoms with E-state index in [0.29, 0.717) is 18.4 Å². The molecule has 0 radical (unpaired) electrons. The van der Waals surface area contributed by atoms with Crippen LogP contribution in [-0.4, -0.2) is 4.98 Å². The lowest BCUT2D eigenvalue weighted by Gasteiger charge is -2.06. The fourth-order valence-corrected chi connectivity index (χ4v) is 2.36. The summed E-state index contributed by atoms with van der Waals surface area (Å²) in [7, 11) is 0. The summed E-state index contributed by atoms with van der Waals surface area (Å²) in [5, 5.41) is 1.29. The van der Waals surface area contributed by atoms with Gasteiger partial charge in [-0.05, 0) is 35.1 Å². The van der Waals surface area contributed by atoms with Crippen molar-refractivity contribution in [1.29, 1.82) is 0 Å². The first-order valence-corrected chi connectivity index (χ1v) is 6.39. The first kappa shape index (κ1) is 12.2. The molecule has 3 N–H and O–H groups in total. The number of rotatable bonds is 3. The number of hydrogen-bond acceptors (Lipinski definition) is 1. The molecule has 17 heavy (non-hydrogen) atoms. The number of nitrogens with one attached hydrogen (secondary N) is 1. The molecule has 92 valence electrons. The molecule has 0 atom stereocenters. The van der Waals surface area contributed by atoms with Crippen molar-refractivity contribution in [3.8, 4) is 0 Å². The normalized spacial score (nSPS) is 11.9. The number of H-pyrrole nitrogens is 1. The molecule has 2 rings (SSSR count). The summed E-state index contributed by atoms with van der Waals surface area (Å²) in [5.41, 5.74) is 11.0. The monoisotopic (exact) mass is 230 g/mol. The van der Waals surface area contributed by atoms with Gasteiger partial charge < -0.3 is 10.7 Å². The molecule has 0 aliphatic rings. The van der Waals surface area contributed by atoms with E-state index in [1.165, 1.54) is 27.7 Å². The van der Waals surface area contributed by atoms with Crippen molar-refractivity contribution in [2.75, 3.05) is 0 Å². The first-order chi connectivity index (χ1) is 8.04. The first-order valence-electron chi connectivity index (χ1n) is 6.39. The molecule has 2 heteroatoms. The van der Waals surface area contributed by atoms with Gasteiger partial charge in [0.05, 0.1) is 0 Å². The van der Waals surface area contributed by atoms with Gasteiger partial charge >= 0.3 is 0 Å². The second-order valence-electron chi connectivity index (χ2n) is 5.34. The number of fused-ring (bicyclic) bond motifs is 1. The average molecular weight is 230 g/mol. The highest BCUT2D eigenvalue weighted by Gasteiger charge is 2.13. The molecule has 2 nitrogen and oxygen atoms in total. The maximum Gasteiger partial charge on any atom is 0.0459 e. The molecule has 0 aliphatic carbocycles. The lowest BCUT2D eigenvalue weighted by Crippen LogP contribution is -2.01. The maximum absolute atomic E-state index is 5.91. The molecule has 0 saturated carbocycles. The number of hydrogen-bond donors (Lipinski definition) is 2. The summed E-state index contributed by atoms with van der Waals surface area (Å²) in [6.07, 6.45) is 0. The van der Waals surface area contributed by atoms with Crippen LogP contribution < -0.4 is 5.73 Å².